The number of fused-ring (bicyclic) bond motifs is 2. The van der Waals surface area contributed by atoms with Crippen molar-refractivity contribution in [2.75, 3.05) is 29.7 Å². The number of benzene rings is 1. The Kier molecular flexibility index (Phi) is 10.6. The molecule has 0 aromatic heterocycles. The van der Waals surface area contributed by atoms with E-state index in [9.17, 15) is 9.59 Å². The molecule has 8 nitrogen and oxygen atoms in total. The molecule has 0 aliphatic carbocycles. The Morgan fingerprint density at radius 1 is 1.21 bits per heavy atom. The van der Waals surface area contributed by atoms with E-state index in [1.807, 2.05) is 13.1 Å². The van der Waals surface area contributed by atoms with Gasteiger partial charge >= 0.3 is 6.09 Å². The first-order valence-corrected chi connectivity index (χ1v) is 17.9. The highest BCUT2D eigenvalue weighted by molar-refractivity contribution is 14.1. The van der Waals surface area contributed by atoms with Gasteiger partial charge in [0, 0.05) is 12.3 Å². The fourth-order valence-electron chi connectivity index (χ4n) is 4.47. The van der Waals surface area contributed by atoms with Gasteiger partial charge in [0.2, 0.25) is 0 Å². The number of carbonyl (C=O) groups excluding carboxylic acids is 2. The predicted molar refractivity (Wildman–Crippen MR) is 166 cm³/mol. The molecule has 1 aromatic carbocycles. The lowest BCUT2D eigenvalue weighted by molar-refractivity contribution is 0.0589. The molecule has 0 radical (unpaired) electrons. The predicted octanol–water partition coefficient (Wildman–Crippen LogP) is 7.29. The average Bonchev–Trinajstić information content (AvgIpc) is 3.23. The number of ether oxygens (including phenoxy) is 3. The highest BCUT2D eigenvalue weighted by Gasteiger charge is 2.50. The zero-order valence-electron chi connectivity index (χ0n) is 24.3. The summed E-state index contributed by atoms with van der Waals surface area (Å²) in [6, 6.07) is 2.98. The third kappa shape index (κ3) is 7.00. The molecule has 0 spiro atoms. The van der Waals surface area contributed by atoms with Crippen molar-refractivity contribution in [2.24, 2.45) is 0 Å². The minimum atomic E-state index is -2.41. The van der Waals surface area contributed by atoms with Gasteiger partial charge in [0.25, 0.3) is 5.91 Å². The fraction of sp³-hybridized carbons (Fsp3) is 0.586. The van der Waals surface area contributed by atoms with Crippen LogP contribution in [0, 0.1) is 0 Å². The summed E-state index contributed by atoms with van der Waals surface area (Å²) in [7, 11) is -0.862. The Morgan fingerprint density at radius 3 is 2.54 bits per heavy atom. The van der Waals surface area contributed by atoms with Crippen LogP contribution >= 0.6 is 22.6 Å². The number of amides is 2. The number of halogens is 1. The third-order valence-corrected chi connectivity index (χ3v) is 12.8. The number of unbranched alkanes of at least 4 members (excludes halogenated alkanes) is 2. The summed E-state index contributed by atoms with van der Waals surface area (Å²) in [6.07, 6.45) is 5.69. The van der Waals surface area contributed by atoms with Crippen LogP contribution in [-0.2, 0) is 9.16 Å². The highest BCUT2D eigenvalue weighted by atomic mass is 127. The molecule has 2 aliphatic rings. The van der Waals surface area contributed by atoms with Gasteiger partial charge in [-0.1, -0.05) is 61.6 Å². The number of carbonyl (C=O) groups is 2. The second-order valence-corrected chi connectivity index (χ2v) is 17.4. The molecule has 10 heteroatoms. The molecule has 2 atom stereocenters. The maximum absolute atomic E-state index is 14.0. The molecule has 216 valence electrons. The van der Waals surface area contributed by atoms with E-state index in [0.717, 1.165) is 29.3 Å². The van der Waals surface area contributed by atoms with E-state index in [-0.39, 0.29) is 17.6 Å². The van der Waals surface area contributed by atoms with Crippen LogP contribution in [0.3, 0.4) is 0 Å². The van der Waals surface area contributed by atoms with E-state index in [0.29, 0.717) is 35.8 Å². The van der Waals surface area contributed by atoms with Crippen LogP contribution in [0.1, 0.15) is 63.7 Å². The Morgan fingerprint density at radius 2 is 1.92 bits per heavy atom. The standard InChI is InChI=1S/C29H43IN2O6Si/c1-9-14-37-28(34)32-22-18-25(36-15-12-10-11-13-30)24(35-6)17-21(22)26(33)31-19-20(2)16-23(31)27(32)38-39(7,8)29(3,4)5/h9,17-19,23,27H,1,10-16H2,2-8H3/t23?,27-/m0/s1. The number of methoxy groups -OCH3 is 1. The Balaban J connectivity index is 2.18. The van der Waals surface area contributed by atoms with Gasteiger partial charge in [-0.3, -0.25) is 4.79 Å². The van der Waals surface area contributed by atoms with Gasteiger partial charge in [0.05, 0.1) is 31.0 Å². The van der Waals surface area contributed by atoms with Gasteiger partial charge in [0.15, 0.2) is 26.0 Å². The Bertz CT molecular complexity index is 1100. The lowest BCUT2D eigenvalue weighted by atomic mass is 10.1. The summed E-state index contributed by atoms with van der Waals surface area (Å²) in [5.74, 6) is 0.692. The van der Waals surface area contributed by atoms with E-state index >= 15 is 0 Å². The van der Waals surface area contributed by atoms with Crippen molar-refractivity contribution in [2.45, 2.75) is 83.8 Å². The zero-order chi connectivity index (χ0) is 29.0. The lowest BCUT2D eigenvalue weighted by Crippen LogP contribution is -2.57. The van der Waals surface area contributed by atoms with Crippen molar-refractivity contribution >= 4 is 48.6 Å². The summed E-state index contributed by atoms with van der Waals surface area (Å²) >= 11 is 2.37. The molecular weight excluding hydrogens is 627 g/mol. The van der Waals surface area contributed by atoms with Crippen LogP contribution in [0.25, 0.3) is 0 Å². The molecule has 1 unspecified atom stereocenters. The van der Waals surface area contributed by atoms with Gasteiger partial charge in [-0.25, -0.2) is 9.69 Å². The summed E-state index contributed by atoms with van der Waals surface area (Å²) in [4.78, 5) is 31.0. The second kappa shape index (κ2) is 13.1. The van der Waals surface area contributed by atoms with Crippen molar-refractivity contribution < 1.29 is 28.2 Å². The lowest BCUT2D eigenvalue weighted by Gasteiger charge is -2.44. The smallest absolute Gasteiger partial charge is 0.416 e. The minimum Gasteiger partial charge on any atom is -0.493 e. The van der Waals surface area contributed by atoms with Crippen molar-refractivity contribution in [1.82, 2.24) is 4.90 Å². The Hall–Kier alpha value is -2.05. The van der Waals surface area contributed by atoms with Gasteiger partial charge in [-0.2, -0.15) is 0 Å². The summed E-state index contributed by atoms with van der Waals surface area (Å²) < 4.78 is 25.4. The quantitative estimate of drug-likeness (QED) is 0.0810. The number of anilines is 1. The molecule has 0 saturated heterocycles. The first-order valence-electron chi connectivity index (χ1n) is 13.5. The average molecular weight is 671 g/mol. The van der Waals surface area contributed by atoms with Crippen LogP contribution in [0.4, 0.5) is 10.5 Å². The number of alkyl halides is 1. The first-order chi connectivity index (χ1) is 18.4. The summed E-state index contributed by atoms with van der Waals surface area (Å²) in [6.45, 7) is 17.0. The van der Waals surface area contributed by atoms with Crippen LogP contribution in [-0.4, -0.2) is 62.2 Å². The third-order valence-electron chi connectivity index (χ3n) is 7.62. The number of rotatable bonds is 11. The number of hydrogen-bond acceptors (Lipinski definition) is 6. The maximum atomic E-state index is 14.0. The van der Waals surface area contributed by atoms with Crippen molar-refractivity contribution in [1.29, 1.82) is 0 Å². The number of nitrogens with zero attached hydrogens (tertiary/aromatic N) is 2. The minimum absolute atomic E-state index is 0.0351. The topological polar surface area (TPSA) is 77.5 Å². The van der Waals surface area contributed by atoms with E-state index in [1.54, 1.807) is 24.1 Å². The van der Waals surface area contributed by atoms with Crippen molar-refractivity contribution in [3.05, 3.63) is 42.1 Å². The van der Waals surface area contributed by atoms with Crippen LogP contribution in [0.5, 0.6) is 11.5 Å². The SMILES string of the molecule is C=CCOC(=O)N1c2cc(OCCCCCI)c(OC)cc2C(=O)N2C=C(C)CC2[C@@H]1O[Si](C)(C)C(C)(C)C. The Labute approximate surface area is 247 Å². The highest BCUT2D eigenvalue weighted by Crippen LogP contribution is 2.45. The largest absolute Gasteiger partial charge is 0.493 e. The monoisotopic (exact) mass is 670 g/mol. The molecule has 1 aromatic rings. The van der Waals surface area contributed by atoms with Crippen LogP contribution in [0.2, 0.25) is 18.1 Å². The van der Waals surface area contributed by atoms with Crippen LogP contribution in [0.15, 0.2) is 36.6 Å². The molecule has 0 fully saturated rings. The molecule has 2 amide bonds. The van der Waals surface area contributed by atoms with Gasteiger partial charge in [0.1, 0.15) is 6.61 Å². The molecular formula is C29H43IN2O6Si. The van der Waals surface area contributed by atoms with E-state index < -0.39 is 26.7 Å². The molecule has 2 heterocycles. The maximum Gasteiger partial charge on any atom is 0.416 e. The fourth-order valence-corrected chi connectivity index (χ4v) is 6.23. The molecule has 0 saturated carbocycles. The van der Waals surface area contributed by atoms with Gasteiger partial charge in [-0.05, 0) is 61.2 Å². The molecule has 0 bridgehead atoms. The van der Waals surface area contributed by atoms with Gasteiger partial charge in [-0.15, -0.1) is 0 Å². The second-order valence-electron chi connectivity index (χ2n) is 11.6. The summed E-state index contributed by atoms with van der Waals surface area (Å²) in [5.41, 5.74) is 1.76. The van der Waals surface area contributed by atoms with E-state index in [4.69, 9.17) is 18.6 Å². The molecule has 2 aliphatic heterocycles. The van der Waals surface area contributed by atoms with Crippen molar-refractivity contribution in [3.8, 4) is 11.5 Å². The van der Waals surface area contributed by atoms with E-state index in [2.05, 4.69) is 63.0 Å². The van der Waals surface area contributed by atoms with Gasteiger partial charge < -0.3 is 23.5 Å². The molecule has 39 heavy (non-hydrogen) atoms. The molecule has 0 N–H and O–H groups in total. The zero-order valence-corrected chi connectivity index (χ0v) is 27.5. The molecule has 3 rings (SSSR count). The van der Waals surface area contributed by atoms with Crippen molar-refractivity contribution in [3.63, 3.8) is 0 Å². The number of hydrogen-bond donors (Lipinski definition) is 0. The first kappa shape index (κ1) is 31.5. The van der Waals surface area contributed by atoms with E-state index in [1.165, 1.54) is 11.0 Å². The summed E-state index contributed by atoms with van der Waals surface area (Å²) in [5, 5.41) is -0.124. The van der Waals surface area contributed by atoms with Crippen LogP contribution < -0.4 is 14.4 Å². The normalized spacial score (nSPS) is 19.2.